The van der Waals surface area contributed by atoms with E-state index < -0.39 is 18.0 Å². The van der Waals surface area contributed by atoms with Gasteiger partial charge in [0.2, 0.25) is 11.8 Å². The van der Waals surface area contributed by atoms with E-state index in [2.05, 4.69) is 5.32 Å². The van der Waals surface area contributed by atoms with Crippen LogP contribution in [0.3, 0.4) is 0 Å². The van der Waals surface area contributed by atoms with Gasteiger partial charge >= 0.3 is 12.1 Å². The average Bonchev–Trinajstić information content (AvgIpc) is 3.04. The van der Waals surface area contributed by atoms with Crippen molar-refractivity contribution in [3.63, 3.8) is 0 Å². The van der Waals surface area contributed by atoms with Crippen LogP contribution in [0.1, 0.15) is 12.0 Å². The number of carbonyl (C=O) groups is 3. The summed E-state index contributed by atoms with van der Waals surface area (Å²) >= 11 is 0. The molecule has 1 aliphatic heterocycles. The van der Waals surface area contributed by atoms with E-state index in [0.717, 1.165) is 5.56 Å². The van der Waals surface area contributed by atoms with E-state index in [4.69, 9.17) is 0 Å². The van der Waals surface area contributed by atoms with E-state index in [1.54, 1.807) is 10.2 Å². The molecule has 3 amide bonds. The van der Waals surface area contributed by atoms with E-state index in [0.29, 0.717) is 18.8 Å². The lowest BCUT2D eigenvalue weighted by Crippen LogP contribution is -2.30. The van der Waals surface area contributed by atoms with Gasteiger partial charge in [-0.05, 0) is 29.8 Å². The summed E-state index contributed by atoms with van der Waals surface area (Å²) in [5, 5.41) is 4.37. The van der Waals surface area contributed by atoms with Gasteiger partial charge in [0.15, 0.2) is 0 Å². The van der Waals surface area contributed by atoms with Crippen molar-refractivity contribution in [1.82, 2.24) is 4.90 Å². The smallest absolute Gasteiger partial charge is 0.338 e. The Morgan fingerprint density at radius 3 is 2.14 bits per heavy atom. The Kier molecular flexibility index (Phi) is 5.86. The molecule has 1 fully saturated rings. The van der Waals surface area contributed by atoms with E-state index >= 15 is 0 Å². The first-order valence-electron chi connectivity index (χ1n) is 8.83. The van der Waals surface area contributed by atoms with Gasteiger partial charge in [-0.15, -0.1) is 0 Å². The first kappa shape index (κ1) is 20.4. The molecule has 2 aromatic carbocycles. The summed E-state index contributed by atoms with van der Waals surface area (Å²) in [5.74, 6) is -3.05. The number of nitrogens with zero attached hydrogens (tertiary/aromatic N) is 1. The number of amides is 3. The molecule has 1 heterocycles. The first-order chi connectivity index (χ1) is 13.7. The van der Waals surface area contributed by atoms with Crippen LogP contribution in [0, 0.1) is 5.92 Å². The summed E-state index contributed by atoms with van der Waals surface area (Å²) in [4.78, 5) is 37.2. The molecule has 6 nitrogen and oxygen atoms in total. The zero-order valence-corrected chi connectivity index (χ0v) is 15.2. The van der Waals surface area contributed by atoms with Crippen molar-refractivity contribution >= 4 is 29.1 Å². The van der Waals surface area contributed by atoms with Crippen LogP contribution in [-0.4, -0.2) is 35.3 Å². The minimum Gasteiger partial charge on any atom is -0.338 e. The Bertz CT molecular complexity index is 899. The number of hydrogen-bond acceptors (Lipinski definition) is 3. The van der Waals surface area contributed by atoms with Crippen molar-refractivity contribution in [3.05, 3.63) is 60.2 Å². The van der Waals surface area contributed by atoms with E-state index in [1.807, 2.05) is 30.3 Å². The molecule has 9 heteroatoms. The lowest BCUT2D eigenvalue weighted by Gasteiger charge is -2.16. The number of alkyl halides is 3. The van der Waals surface area contributed by atoms with Crippen LogP contribution in [0.25, 0.3) is 0 Å². The van der Waals surface area contributed by atoms with Crippen molar-refractivity contribution in [3.8, 4) is 0 Å². The molecule has 1 saturated heterocycles. The average molecular weight is 405 g/mol. The Morgan fingerprint density at radius 2 is 1.55 bits per heavy atom. The van der Waals surface area contributed by atoms with Crippen molar-refractivity contribution in [2.45, 2.75) is 19.1 Å². The molecule has 2 aromatic rings. The third kappa shape index (κ3) is 5.34. The summed E-state index contributed by atoms with van der Waals surface area (Å²) in [6, 6.07) is 14.7. The van der Waals surface area contributed by atoms with Crippen LogP contribution >= 0.6 is 0 Å². The van der Waals surface area contributed by atoms with Crippen molar-refractivity contribution in [1.29, 1.82) is 0 Å². The summed E-state index contributed by atoms with van der Waals surface area (Å²) < 4.78 is 36.8. The van der Waals surface area contributed by atoms with Gasteiger partial charge in [-0.1, -0.05) is 30.3 Å². The number of likely N-dealkylation sites (tertiary alicyclic amines) is 1. The molecule has 1 aliphatic rings. The third-order valence-electron chi connectivity index (χ3n) is 4.47. The topological polar surface area (TPSA) is 78.5 Å². The van der Waals surface area contributed by atoms with Crippen LogP contribution < -0.4 is 10.6 Å². The molecule has 29 heavy (non-hydrogen) atoms. The SMILES string of the molecule is O=C(Nc1ccc(NC(=O)C(F)(F)F)cc1)C1CC(=O)N(Cc2ccccc2)C1. The molecule has 0 spiro atoms. The molecule has 0 saturated carbocycles. The van der Waals surface area contributed by atoms with E-state index in [-0.39, 0.29) is 23.9 Å². The van der Waals surface area contributed by atoms with Gasteiger partial charge in [-0.3, -0.25) is 14.4 Å². The molecule has 1 unspecified atom stereocenters. The molecular formula is C20H18F3N3O3. The fourth-order valence-electron chi connectivity index (χ4n) is 2.99. The number of rotatable bonds is 5. The van der Waals surface area contributed by atoms with Gasteiger partial charge in [0.25, 0.3) is 0 Å². The van der Waals surface area contributed by atoms with E-state index in [1.165, 1.54) is 24.3 Å². The minimum atomic E-state index is -4.98. The van der Waals surface area contributed by atoms with Crippen LogP contribution in [0.4, 0.5) is 24.5 Å². The first-order valence-corrected chi connectivity index (χ1v) is 8.83. The molecule has 0 aromatic heterocycles. The molecule has 0 radical (unpaired) electrons. The second-order valence-electron chi connectivity index (χ2n) is 6.68. The number of benzene rings is 2. The Hall–Kier alpha value is -3.36. The zero-order chi connectivity index (χ0) is 21.0. The largest absolute Gasteiger partial charge is 0.471 e. The lowest BCUT2D eigenvalue weighted by atomic mass is 10.1. The van der Waals surface area contributed by atoms with E-state index in [9.17, 15) is 27.6 Å². The van der Waals surface area contributed by atoms with Gasteiger partial charge in [0.1, 0.15) is 0 Å². The van der Waals surface area contributed by atoms with Crippen LogP contribution in [0.5, 0.6) is 0 Å². The highest BCUT2D eigenvalue weighted by Gasteiger charge is 2.38. The van der Waals surface area contributed by atoms with Gasteiger partial charge < -0.3 is 15.5 Å². The van der Waals surface area contributed by atoms with Gasteiger partial charge in [-0.2, -0.15) is 13.2 Å². The van der Waals surface area contributed by atoms with Gasteiger partial charge in [0.05, 0.1) is 5.92 Å². The molecule has 152 valence electrons. The van der Waals surface area contributed by atoms with Gasteiger partial charge in [-0.25, -0.2) is 0 Å². The lowest BCUT2D eigenvalue weighted by molar-refractivity contribution is -0.167. The maximum atomic E-state index is 12.4. The molecule has 1 atom stereocenters. The van der Waals surface area contributed by atoms with Crippen molar-refractivity contribution in [2.75, 3.05) is 17.2 Å². The second-order valence-corrected chi connectivity index (χ2v) is 6.68. The zero-order valence-electron chi connectivity index (χ0n) is 15.2. The Labute approximate surface area is 164 Å². The Balaban J connectivity index is 1.55. The number of anilines is 2. The van der Waals surface area contributed by atoms with Crippen LogP contribution in [-0.2, 0) is 20.9 Å². The number of nitrogens with one attached hydrogen (secondary N) is 2. The highest BCUT2D eigenvalue weighted by molar-refractivity contribution is 5.98. The summed E-state index contributed by atoms with van der Waals surface area (Å²) in [6.45, 7) is 0.719. The van der Waals surface area contributed by atoms with Crippen LogP contribution in [0.2, 0.25) is 0 Å². The summed E-state index contributed by atoms with van der Waals surface area (Å²) in [6.07, 6.45) is -4.88. The van der Waals surface area contributed by atoms with Gasteiger partial charge in [0, 0.05) is 30.9 Å². The highest BCUT2D eigenvalue weighted by atomic mass is 19.4. The minimum absolute atomic E-state index is 0.0459. The Morgan fingerprint density at radius 1 is 0.966 bits per heavy atom. The number of carbonyl (C=O) groups excluding carboxylic acids is 3. The fraction of sp³-hybridized carbons (Fsp3) is 0.250. The summed E-state index contributed by atoms with van der Waals surface area (Å²) in [7, 11) is 0. The van der Waals surface area contributed by atoms with Crippen LogP contribution in [0.15, 0.2) is 54.6 Å². The molecule has 0 aliphatic carbocycles. The summed E-state index contributed by atoms with van der Waals surface area (Å²) in [5.41, 5.74) is 1.28. The molecule has 3 rings (SSSR count). The maximum absolute atomic E-state index is 12.4. The normalized spacial score (nSPS) is 16.6. The molecule has 0 bridgehead atoms. The predicted octanol–water partition coefficient (Wildman–Crippen LogP) is 3.17. The number of hydrogen-bond donors (Lipinski definition) is 2. The third-order valence-corrected chi connectivity index (χ3v) is 4.47. The highest BCUT2D eigenvalue weighted by Crippen LogP contribution is 2.23. The van der Waals surface area contributed by atoms with Crippen molar-refractivity contribution < 1.29 is 27.6 Å². The fourth-order valence-corrected chi connectivity index (χ4v) is 2.99. The quantitative estimate of drug-likeness (QED) is 0.802. The second kappa shape index (κ2) is 8.34. The maximum Gasteiger partial charge on any atom is 0.471 e. The predicted molar refractivity (Wildman–Crippen MR) is 99.7 cm³/mol. The van der Waals surface area contributed by atoms with Crippen molar-refractivity contribution in [2.24, 2.45) is 5.92 Å². The monoisotopic (exact) mass is 405 g/mol. The standard InChI is InChI=1S/C20H18F3N3O3/c21-20(22,23)19(29)25-16-8-6-15(7-9-16)24-18(28)14-10-17(27)26(12-14)11-13-4-2-1-3-5-13/h1-9,14H,10-12H2,(H,24,28)(H,25,29). The molecular weight excluding hydrogens is 387 g/mol. The molecule has 2 N–H and O–H groups in total. The number of halogens is 3.